The van der Waals surface area contributed by atoms with Crippen molar-refractivity contribution in [3.8, 4) is 11.3 Å². The van der Waals surface area contributed by atoms with Crippen molar-refractivity contribution in [2.75, 3.05) is 12.3 Å². The van der Waals surface area contributed by atoms with E-state index >= 15 is 0 Å². The van der Waals surface area contributed by atoms with Crippen LogP contribution in [-0.4, -0.2) is 28.2 Å². The van der Waals surface area contributed by atoms with E-state index in [9.17, 15) is 4.79 Å². The topological polar surface area (TPSA) is 70.9 Å². The van der Waals surface area contributed by atoms with Crippen molar-refractivity contribution in [1.82, 2.24) is 15.3 Å². The number of carbonyl (C=O) groups is 1. The lowest BCUT2D eigenvalue weighted by molar-refractivity contribution is -0.116. The lowest BCUT2D eigenvalue weighted by Gasteiger charge is -2.01. The maximum atomic E-state index is 11.7. The molecule has 2 N–H and O–H groups in total. The molecule has 0 saturated heterocycles. The van der Waals surface area contributed by atoms with Crippen molar-refractivity contribution in [3.05, 3.63) is 65.7 Å². The van der Waals surface area contributed by atoms with Gasteiger partial charge in [0.1, 0.15) is 5.76 Å². The summed E-state index contributed by atoms with van der Waals surface area (Å²) in [5.74, 6) is 1.21. The van der Waals surface area contributed by atoms with E-state index in [4.69, 9.17) is 16.0 Å². The molecule has 0 aliphatic rings. The second-order valence-electron chi connectivity index (χ2n) is 5.10. The minimum atomic E-state index is -0.154. The van der Waals surface area contributed by atoms with Gasteiger partial charge in [-0.05, 0) is 35.9 Å². The summed E-state index contributed by atoms with van der Waals surface area (Å²) in [5, 5.41) is 4.33. The summed E-state index contributed by atoms with van der Waals surface area (Å²) < 4.78 is 5.12. The van der Waals surface area contributed by atoms with Crippen LogP contribution < -0.4 is 5.32 Å². The van der Waals surface area contributed by atoms with Crippen molar-refractivity contribution in [3.63, 3.8) is 0 Å². The van der Waals surface area contributed by atoms with Gasteiger partial charge in [-0.1, -0.05) is 35.5 Å². The Balaban J connectivity index is 1.42. The zero-order valence-electron chi connectivity index (χ0n) is 13.2. The summed E-state index contributed by atoms with van der Waals surface area (Å²) in [5.41, 5.74) is 1.96. The molecule has 0 atom stereocenters. The Morgan fingerprint density at radius 3 is 2.92 bits per heavy atom. The fraction of sp³-hybridized carbons (Fsp3) is 0.111. The maximum Gasteiger partial charge on any atom is 0.244 e. The van der Waals surface area contributed by atoms with Gasteiger partial charge >= 0.3 is 0 Å². The number of H-pyrrole nitrogens is 1. The number of aromatic amines is 1. The summed E-state index contributed by atoms with van der Waals surface area (Å²) in [6.07, 6.45) is 6.44. The van der Waals surface area contributed by atoms with Gasteiger partial charge in [0, 0.05) is 23.4 Å². The van der Waals surface area contributed by atoms with Crippen LogP contribution in [0.5, 0.6) is 0 Å². The Morgan fingerprint density at radius 1 is 1.32 bits per heavy atom. The first-order valence-corrected chi connectivity index (χ1v) is 9.00. The highest BCUT2D eigenvalue weighted by molar-refractivity contribution is 7.99. The summed E-state index contributed by atoms with van der Waals surface area (Å²) in [6.45, 7) is 0.545. The van der Waals surface area contributed by atoms with Crippen LogP contribution in [0.15, 0.2) is 64.5 Å². The van der Waals surface area contributed by atoms with Gasteiger partial charge in [-0.15, -0.1) is 0 Å². The number of furan rings is 1. The normalized spacial score (nSPS) is 11.1. The second-order valence-corrected chi connectivity index (χ2v) is 6.62. The highest BCUT2D eigenvalue weighted by Crippen LogP contribution is 2.22. The Kier molecular flexibility index (Phi) is 5.98. The number of thioether (sulfide) groups is 1. The molecule has 0 saturated carbocycles. The average molecular weight is 374 g/mol. The van der Waals surface area contributed by atoms with Crippen LogP contribution in [-0.2, 0) is 4.79 Å². The SMILES string of the molecule is O=C(C=Cc1ccco1)NCCSc1ncc(-c2ccc(Cl)cc2)[nH]1. The summed E-state index contributed by atoms with van der Waals surface area (Å²) >= 11 is 7.44. The molecule has 7 heteroatoms. The average Bonchev–Trinajstić information content (AvgIpc) is 3.29. The molecule has 128 valence electrons. The molecule has 2 heterocycles. The van der Waals surface area contributed by atoms with Crippen LogP contribution in [0.4, 0.5) is 0 Å². The predicted octanol–water partition coefficient (Wildman–Crippen LogP) is 4.24. The fourth-order valence-electron chi connectivity index (χ4n) is 2.08. The van der Waals surface area contributed by atoms with Crippen LogP contribution in [0.2, 0.25) is 5.02 Å². The number of hydrogen-bond acceptors (Lipinski definition) is 4. The molecule has 3 aromatic rings. The first-order chi connectivity index (χ1) is 12.2. The van der Waals surface area contributed by atoms with Crippen LogP contribution >= 0.6 is 23.4 Å². The van der Waals surface area contributed by atoms with Gasteiger partial charge in [0.15, 0.2) is 5.16 Å². The summed E-state index contributed by atoms with van der Waals surface area (Å²) in [4.78, 5) is 19.3. The van der Waals surface area contributed by atoms with E-state index in [2.05, 4.69) is 15.3 Å². The Morgan fingerprint density at radius 2 is 2.16 bits per heavy atom. The lowest BCUT2D eigenvalue weighted by atomic mass is 10.2. The number of halogens is 1. The van der Waals surface area contributed by atoms with E-state index in [0.717, 1.165) is 16.4 Å². The van der Waals surface area contributed by atoms with E-state index < -0.39 is 0 Å². The third-order valence-corrected chi connectivity index (χ3v) is 4.43. The van der Waals surface area contributed by atoms with Crippen LogP contribution in [0.1, 0.15) is 5.76 Å². The molecule has 0 aliphatic heterocycles. The van der Waals surface area contributed by atoms with Gasteiger partial charge in [-0.3, -0.25) is 4.79 Å². The Hall–Kier alpha value is -2.44. The molecule has 25 heavy (non-hydrogen) atoms. The molecule has 0 radical (unpaired) electrons. The van der Waals surface area contributed by atoms with E-state index in [1.165, 1.54) is 6.08 Å². The molecule has 0 bridgehead atoms. The van der Waals surface area contributed by atoms with Gasteiger partial charge in [0.2, 0.25) is 5.91 Å². The number of hydrogen-bond donors (Lipinski definition) is 2. The van der Waals surface area contributed by atoms with E-state index in [-0.39, 0.29) is 5.91 Å². The van der Waals surface area contributed by atoms with E-state index in [0.29, 0.717) is 23.1 Å². The zero-order chi connectivity index (χ0) is 17.5. The fourth-order valence-corrected chi connectivity index (χ4v) is 2.91. The monoisotopic (exact) mass is 373 g/mol. The van der Waals surface area contributed by atoms with Gasteiger partial charge in [0.25, 0.3) is 0 Å². The molecule has 2 aromatic heterocycles. The number of nitrogens with zero attached hydrogens (tertiary/aromatic N) is 1. The second kappa shape index (κ2) is 8.60. The predicted molar refractivity (Wildman–Crippen MR) is 101 cm³/mol. The van der Waals surface area contributed by atoms with Gasteiger partial charge in [-0.2, -0.15) is 0 Å². The van der Waals surface area contributed by atoms with Crippen molar-refractivity contribution in [2.45, 2.75) is 5.16 Å². The number of rotatable bonds is 7. The van der Waals surface area contributed by atoms with Gasteiger partial charge in [-0.25, -0.2) is 4.98 Å². The smallest absolute Gasteiger partial charge is 0.244 e. The third-order valence-electron chi connectivity index (χ3n) is 3.29. The molecule has 3 rings (SSSR count). The van der Waals surface area contributed by atoms with Crippen LogP contribution in [0, 0.1) is 0 Å². The molecule has 5 nitrogen and oxygen atoms in total. The number of nitrogens with one attached hydrogen (secondary N) is 2. The molecule has 0 aliphatic carbocycles. The molecule has 0 spiro atoms. The van der Waals surface area contributed by atoms with E-state index in [1.54, 1.807) is 42.4 Å². The molecule has 1 amide bonds. The molecular formula is C18H16ClN3O2S. The number of imidazole rings is 1. The number of aromatic nitrogens is 2. The van der Waals surface area contributed by atoms with Crippen molar-refractivity contribution < 1.29 is 9.21 Å². The molecule has 1 aromatic carbocycles. The standard InChI is InChI=1S/C18H16ClN3O2S/c19-14-5-3-13(4-6-14)16-12-21-18(22-16)25-11-9-20-17(23)8-7-15-2-1-10-24-15/h1-8,10,12H,9,11H2,(H,20,23)(H,21,22). The van der Waals surface area contributed by atoms with Gasteiger partial charge < -0.3 is 14.7 Å². The first kappa shape index (κ1) is 17.4. The minimum absolute atomic E-state index is 0.154. The first-order valence-electron chi connectivity index (χ1n) is 7.64. The molecule has 0 fully saturated rings. The zero-order valence-corrected chi connectivity index (χ0v) is 14.8. The van der Waals surface area contributed by atoms with Crippen LogP contribution in [0.3, 0.4) is 0 Å². The number of amides is 1. The lowest BCUT2D eigenvalue weighted by Crippen LogP contribution is -2.23. The van der Waals surface area contributed by atoms with Crippen LogP contribution in [0.25, 0.3) is 17.3 Å². The van der Waals surface area contributed by atoms with E-state index in [1.807, 2.05) is 24.3 Å². The number of benzene rings is 1. The molecule has 0 unspecified atom stereocenters. The van der Waals surface area contributed by atoms with Crippen molar-refractivity contribution >= 4 is 35.3 Å². The quantitative estimate of drug-likeness (QED) is 0.369. The third kappa shape index (κ3) is 5.27. The molecular weight excluding hydrogens is 358 g/mol. The highest BCUT2D eigenvalue weighted by Gasteiger charge is 2.04. The van der Waals surface area contributed by atoms with Gasteiger partial charge in [0.05, 0.1) is 18.2 Å². The summed E-state index contributed by atoms with van der Waals surface area (Å²) in [6, 6.07) is 11.1. The minimum Gasteiger partial charge on any atom is -0.465 e. The maximum absolute atomic E-state index is 11.7. The highest BCUT2D eigenvalue weighted by atomic mass is 35.5. The van der Waals surface area contributed by atoms with Crippen molar-refractivity contribution in [2.24, 2.45) is 0 Å². The largest absolute Gasteiger partial charge is 0.465 e. The Labute approximate surface area is 154 Å². The Bertz CT molecular complexity index is 842. The number of carbonyl (C=O) groups excluding carboxylic acids is 1. The van der Waals surface area contributed by atoms with Crippen molar-refractivity contribution in [1.29, 1.82) is 0 Å². The summed E-state index contributed by atoms with van der Waals surface area (Å²) in [7, 11) is 0.